The summed E-state index contributed by atoms with van der Waals surface area (Å²) in [6.45, 7) is 0.508. The summed E-state index contributed by atoms with van der Waals surface area (Å²) in [6.07, 6.45) is 0. The maximum atomic E-state index is 5.28. The van der Waals surface area contributed by atoms with Crippen molar-refractivity contribution in [3.63, 3.8) is 0 Å². The molecule has 2 rings (SSSR count). The molecular weight excluding hydrogens is 288 g/mol. The number of tetrazole rings is 1. The fraction of sp³-hybridized carbons (Fsp3) is 0.300. The minimum Gasteiger partial charge on any atom is -0.497 e. The summed E-state index contributed by atoms with van der Waals surface area (Å²) in [5, 5.41) is 11.2. The van der Waals surface area contributed by atoms with Crippen molar-refractivity contribution in [3.8, 4) is 11.5 Å². The maximum absolute atomic E-state index is 5.28. The lowest BCUT2D eigenvalue weighted by molar-refractivity contribution is 0.396. The Hall–Kier alpha value is -1.63. The lowest BCUT2D eigenvalue weighted by Crippen LogP contribution is -2.04. The number of hydrogen-bond donors (Lipinski definition) is 0. The highest BCUT2D eigenvalue weighted by Crippen LogP contribution is 2.25. The molecule has 0 radical (unpaired) electrons. The number of ether oxygens (including phenoxy) is 2. The Kier molecular flexibility index (Phi) is 3.58. The molecule has 90 valence electrons. The third-order valence-electron chi connectivity index (χ3n) is 2.30. The molecule has 0 saturated carbocycles. The molecule has 0 aliphatic rings. The highest BCUT2D eigenvalue weighted by atomic mass is 79.9. The normalized spacial score (nSPS) is 10.3. The van der Waals surface area contributed by atoms with Crippen molar-refractivity contribution in [2.45, 2.75) is 6.54 Å². The van der Waals surface area contributed by atoms with Gasteiger partial charge in [0.2, 0.25) is 4.73 Å². The lowest BCUT2D eigenvalue weighted by Gasteiger charge is -2.10. The molecule has 1 aromatic heterocycles. The number of methoxy groups -OCH3 is 2. The molecule has 0 N–H and O–H groups in total. The molecule has 0 spiro atoms. The van der Waals surface area contributed by atoms with Crippen molar-refractivity contribution in [2.24, 2.45) is 0 Å². The minimum atomic E-state index is 0.508. The van der Waals surface area contributed by atoms with Crippen molar-refractivity contribution in [1.82, 2.24) is 20.2 Å². The lowest BCUT2D eigenvalue weighted by atomic mass is 10.2. The average molecular weight is 299 g/mol. The van der Waals surface area contributed by atoms with Crippen LogP contribution < -0.4 is 9.47 Å². The van der Waals surface area contributed by atoms with Gasteiger partial charge in [-0.2, -0.15) is 0 Å². The number of benzene rings is 1. The Labute approximate surface area is 107 Å². The van der Waals surface area contributed by atoms with E-state index in [4.69, 9.17) is 9.47 Å². The zero-order chi connectivity index (χ0) is 12.3. The SMILES string of the molecule is COc1ccc(OC)c(Cn2nnnc2Br)c1. The van der Waals surface area contributed by atoms with Gasteiger partial charge in [-0.25, -0.2) is 4.68 Å². The molecule has 0 saturated heterocycles. The molecule has 6 nitrogen and oxygen atoms in total. The topological polar surface area (TPSA) is 62.1 Å². The zero-order valence-electron chi connectivity index (χ0n) is 9.42. The Morgan fingerprint density at radius 3 is 2.71 bits per heavy atom. The first-order valence-electron chi connectivity index (χ1n) is 4.87. The van der Waals surface area contributed by atoms with Crippen molar-refractivity contribution in [3.05, 3.63) is 28.5 Å². The van der Waals surface area contributed by atoms with Gasteiger partial charge in [0.1, 0.15) is 11.5 Å². The van der Waals surface area contributed by atoms with Gasteiger partial charge < -0.3 is 9.47 Å². The van der Waals surface area contributed by atoms with Crippen molar-refractivity contribution >= 4 is 15.9 Å². The van der Waals surface area contributed by atoms with Gasteiger partial charge in [-0.05, 0) is 44.6 Å². The van der Waals surface area contributed by atoms with Crippen LogP contribution in [-0.2, 0) is 6.54 Å². The highest BCUT2D eigenvalue weighted by molar-refractivity contribution is 9.10. The van der Waals surface area contributed by atoms with Crippen LogP contribution in [0, 0.1) is 0 Å². The minimum absolute atomic E-state index is 0.508. The van der Waals surface area contributed by atoms with Crippen LogP contribution in [-0.4, -0.2) is 34.4 Å². The van der Waals surface area contributed by atoms with Gasteiger partial charge in [-0.15, -0.1) is 5.10 Å². The summed E-state index contributed by atoms with van der Waals surface area (Å²) >= 11 is 3.26. The number of halogens is 1. The maximum Gasteiger partial charge on any atom is 0.218 e. The molecule has 0 aliphatic carbocycles. The molecule has 7 heteroatoms. The number of hydrogen-bond acceptors (Lipinski definition) is 5. The second kappa shape index (κ2) is 5.13. The fourth-order valence-electron chi connectivity index (χ4n) is 1.46. The molecule has 0 amide bonds. The van der Waals surface area contributed by atoms with Gasteiger partial charge in [0.15, 0.2) is 0 Å². The second-order valence-electron chi connectivity index (χ2n) is 3.28. The third kappa shape index (κ3) is 2.55. The summed E-state index contributed by atoms with van der Waals surface area (Å²) in [5.74, 6) is 1.54. The summed E-state index contributed by atoms with van der Waals surface area (Å²) in [5.41, 5.74) is 0.944. The molecule has 0 aliphatic heterocycles. The first-order chi connectivity index (χ1) is 8.24. The Morgan fingerprint density at radius 2 is 2.12 bits per heavy atom. The fourth-order valence-corrected chi connectivity index (χ4v) is 1.72. The van der Waals surface area contributed by atoms with E-state index in [2.05, 4.69) is 31.5 Å². The van der Waals surface area contributed by atoms with Gasteiger partial charge in [-0.1, -0.05) is 0 Å². The van der Waals surface area contributed by atoms with E-state index in [-0.39, 0.29) is 0 Å². The molecule has 0 bridgehead atoms. The first-order valence-corrected chi connectivity index (χ1v) is 5.66. The summed E-state index contributed by atoms with van der Waals surface area (Å²) in [4.78, 5) is 0. The van der Waals surface area contributed by atoms with E-state index in [0.717, 1.165) is 17.1 Å². The van der Waals surface area contributed by atoms with Crippen molar-refractivity contribution in [2.75, 3.05) is 14.2 Å². The van der Waals surface area contributed by atoms with Crippen LogP contribution in [0.4, 0.5) is 0 Å². The van der Waals surface area contributed by atoms with E-state index >= 15 is 0 Å². The molecule has 2 aromatic rings. The van der Waals surface area contributed by atoms with Gasteiger partial charge >= 0.3 is 0 Å². The average Bonchev–Trinajstić information content (AvgIpc) is 2.75. The summed E-state index contributed by atoms with van der Waals surface area (Å²) in [7, 11) is 3.25. The smallest absolute Gasteiger partial charge is 0.218 e. The number of rotatable bonds is 4. The number of nitrogens with zero attached hydrogens (tertiary/aromatic N) is 4. The monoisotopic (exact) mass is 298 g/mol. The van der Waals surface area contributed by atoms with E-state index < -0.39 is 0 Å². The summed E-state index contributed by atoms with van der Waals surface area (Å²) in [6, 6.07) is 5.59. The summed E-state index contributed by atoms with van der Waals surface area (Å²) < 4.78 is 12.7. The van der Waals surface area contributed by atoms with Crippen molar-refractivity contribution in [1.29, 1.82) is 0 Å². The predicted molar refractivity (Wildman–Crippen MR) is 64.2 cm³/mol. The van der Waals surface area contributed by atoms with E-state index in [9.17, 15) is 0 Å². The van der Waals surface area contributed by atoms with E-state index in [0.29, 0.717) is 11.3 Å². The van der Waals surface area contributed by atoms with E-state index in [1.807, 2.05) is 18.2 Å². The third-order valence-corrected chi connectivity index (χ3v) is 2.86. The van der Waals surface area contributed by atoms with Crippen LogP contribution in [0.25, 0.3) is 0 Å². The van der Waals surface area contributed by atoms with E-state index in [1.54, 1.807) is 18.9 Å². The molecule has 17 heavy (non-hydrogen) atoms. The van der Waals surface area contributed by atoms with Gasteiger partial charge in [0, 0.05) is 5.56 Å². The second-order valence-corrected chi connectivity index (χ2v) is 3.99. The van der Waals surface area contributed by atoms with Crippen LogP contribution in [0.2, 0.25) is 0 Å². The van der Waals surface area contributed by atoms with Gasteiger partial charge in [0.05, 0.1) is 20.8 Å². The predicted octanol–water partition coefficient (Wildman–Crippen LogP) is 1.50. The Morgan fingerprint density at radius 1 is 1.29 bits per heavy atom. The van der Waals surface area contributed by atoms with Gasteiger partial charge in [-0.3, -0.25) is 0 Å². The van der Waals surface area contributed by atoms with Gasteiger partial charge in [0.25, 0.3) is 0 Å². The standard InChI is InChI=1S/C10H11BrN4O2/c1-16-8-3-4-9(17-2)7(5-8)6-15-10(11)12-13-14-15/h3-5H,6H2,1-2H3. The van der Waals surface area contributed by atoms with Crippen LogP contribution in [0.3, 0.4) is 0 Å². The number of aromatic nitrogens is 4. The Balaban J connectivity index is 2.33. The van der Waals surface area contributed by atoms with E-state index in [1.165, 1.54) is 0 Å². The Bertz CT molecular complexity index is 515. The molecule has 0 fully saturated rings. The largest absolute Gasteiger partial charge is 0.497 e. The quantitative estimate of drug-likeness (QED) is 0.856. The van der Waals surface area contributed by atoms with Crippen LogP contribution in [0.5, 0.6) is 11.5 Å². The zero-order valence-corrected chi connectivity index (χ0v) is 11.0. The van der Waals surface area contributed by atoms with Crippen LogP contribution in [0.15, 0.2) is 22.9 Å². The molecule has 1 heterocycles. The molecular formula is C10H11BrN4O2. The molecule has 1 aromatic carbocycles. The highest BCUT2D eigenvalue weighted by Gasteiger charge is 2.09. The van der Waals surface area contributed by atoms with Crippen LogP contribution >= 0.6 is 15.9 Å². The molecule has 0 unspecified atom stereocenters. The van der Waals surface area contributed by atoms with Crippen LogP contribution in [0.1, 0.15) is 5.56 Å². The van der Waals surface area contributed by atoms with Crippen molar-refractivity contribution < 1.29 is 9.47 Å². The first kappa shape index (κ1) is 11.8. The molecule has 0 atom stereocenters.